The molecule has 5 rings (SSSR count). The Balaban J connectivity index is 1.61. The summed E-state index contributed by atoms with van der Waals surface area (Å²) in [5.41, 5.74) is 1.87. The lowest BCUT2D eigenvalue weighted by Crippen LogP contribution is -2.49. The number of nitrogens with zero attached hydrogens (tertiary/aromatic N) is 2. The second-order valence-corrected chi connectivity index (χ2v) is 11.2. The number of anilines is 4. The average Bonchev–Trinajstić information content (AvgIpc) is 3.26. The van der Waals surface area contributed by atoms with Crippen molar-refractivity contribution in [3.8, 4) is 5.75 Å². The molecule has 0 bridgehead atoms. The summed E-state index contributed by atoms with van der Waals surface area (Å²) in [4.78, 5) is 31.4. The predicted molar refractivity (Wildman–Crippen MR) is 171 cm³/mol. The van der Waals surface area contributed by atoms with Crippen LogP contribution >= 0.6 is 0 Å². The van der Waals surface area contributed by atoms with E-state index < -0.39 is 23.5 Å². The van der Waals surface area contributed by atoms with E-state index in [4.69, 9.17) is 4.74 Å². The number of para-hydroxylation sites is 1. The van der Waals surface area contributed by atoms with Gasteiger partial charge in [-0.05, 0) is 93.2 Å². The van der Waals surface area contributed by atoms with Crippen LogP contribution in [0.1, 0.15) is 44.2 Å². The van der Waals surface area contributed by atoms with Crippen LogP contribution in [0.25, 0.3) is 0 Å². The van der Waals surface area contributed by atoms with Crippen molar-refractivity contribution in [1.29, 1.82) is 0 Å². The van der Waals surface area contributed by atoms with Gasteiger partial charge in [0.25, 0.3) is 5.91 Å². The summed E-state index contributed by atoms with van der Waals surface area (Å²) >= 11 is 0. The molecule has 0 aromatic heterocycles. The van der Waals surface area contributed by atoms with Crippen LogP contribution in [-0.2, 0) is 21.6 Å². The third kappa shape index (κ3) is 5.88. The molecule has 0 spiro atoms. The first-order valence-electron chi connectivity index (χ1n) is 15.3. The van der Waals surface area contributed by atoms with Gasteiger partial charge in [-0.25, -0.2) is 0 Å². The molecule has 1 unspecified atom stereocenters. The minimum Gasteiger partial charge on any atom is -0.494 e. The van der Waals surface area contributed by atoms with Crippen molar-refractivity contribution >= 4 is 34.6 Å². The quantitative estimate of drug-likeness (QED) is 0.169. The molecule has 0 saturated heterocycles. The Labute approximate surface area is 258 Å². The Morgan fingerprint density at radius 2 is 1.75 bits per heavy atom. The summed E-state index contributed by atoms with van der Waals surface area (Å²) in [6.45, 7) is 4.85. The number of hydrogen-bond acceptors (Lipinski definition) is 7. The summed E-state index contributed by atoms with van der Waals surface area (Å²) in [6, 6.07) is 19.7. The number of aliphatic hydroxyl groups is 3. The molecule has 9 heteroatoms. The lowest BCUT2D eigenvalue weighted by atomic mass is 9.82. The van der Waals surface area contributed by atoms with Crippen LogP contribution in [0, 0.1) is 5.92 Å². The zero-order valence-electron chi connectivity index (χ0n) is 25.3. The van der Waals surface area contributed by atoms with Gasteiger partial charge in [0.15, 0.2) is 5.60 Å². The second-order valence-electron chi connectivity index (χ2n) is 11.2. The van der Waals surface area contributed by atoms with E-state index in [2.05, 4.69) is 5.32 Å². The average molecular weight is 600 g/mol. The molecule has 3 aromatic carbocycles. The standard InChI is InChI=1S/C35H41N3O6/c1-3-44-28-15-17-31-25(21-28)22-30(36-18-8-10-20-40)33(41)37(31)27-14-16-32-29(23-27)35(43,24(2)11-7-9-19-39)34(42)38(32)26-12-5-4-6-13-26/h4-7,11-17,21,23-24,30,36,39-40,43H,3,8-10,18-20,22H2,1-2H3/b11-7+/t24-,30?,35+/m0/s1. The smallest absolute Gasteiger partial charge is 0.268 e. The van der Waals surface area contributed by atoms with E-state index in [1.54, 1.807) is 36.1 Å². The van der Waals surface area contributed by atoms with E-state index in [1.807, 2.05) is 61.5 Å². The summed E-state index contributed by atoms with van der Waals surface area (Å²) in [5.74, 6) is -0.528. The topological polar surface area (TPSA) is 123 Å². The fourth-order valence-electron chi connectivity index (χ4n) is 6.07. The molecular formula is C35H41N3O6. The van der Waals surface area contributed by atoms with Crippen molar-refractivity contribution in [2.24, 2.45) is 5.92 Å². The number of hydrogen-bond donors (Lipinski definition) is 4. The maximum Gasteiger partial charge on any atom is 0.268 e. The maximum atomic E-state index is 14.1. The molecule has 44 heavy (non-hydrogen) atoms. The van der Waals surface area contributed by atoms with Crippen LogP contribution in [0.5, 0.6) is 5.75 Å². The molecule has 3 atom stereocenters. The van der Waals surface area contributed by atoms with Crippen molar-refractivity contribution < 1.29 is 29.6 Å². The predicted octanol–water partition coefficient (Wildman–Crippen LogP) is 4.48. The number of ether oxygens (including phenoxy) is 1. The normalized spacial score (nSPS) is 20.2. The Morgan fingerprint density at radius 1 is 0.977 bits per heavy atom. The highest BCUT2D eigenvalue weighted by Crippen LogP contribution is 2.50. The van der Waals surface area contributed by atoms with Gasteiger partial charge in [-0.1, -0.05) is 37.3 Å². The summed E-state index contributed by atoms with van der Waals surface area (Å²) < 4.78 is 5.76. The Kier molecular flexibility index (Phi) is 9.80. The van der Waals surface area contributed by atoms with E-state index >= 15 is 0 Å². The van der Waals surface area contributed by atoms with Crippen molar-refractivity contribution in [2.75, 3.05) is 36.2 Å². The van der Waals surface area contributed by atoms with Crippen molar-refractivity contribution in [3.63, 3.8) is 0 Å². The van der Waals surface area contributed by atoms with Gasteiger partial charge in [0.1, 0.15) is 5.75 Å². The highest BCUT2D eigenvalue weighted by Gasteiger charge is 2.53. The van der Waals surface area contributed by atoms with Gasteiger partial charge in [-0.3, -0.25) is 19.4 Å². The van der Waals surface area contributed by atoms with Gasteiger partial charge >= 0.3 is 0 Å². The highest BCUT2D eigenvalue weighted by molar-refractivity contribution is 6.13. The molecular weight excluding hydrogens is 558 g/mol. The molecule has 4 N–H and O–H groups in total. The number of aliphatic hydroxyl groups excluding tert-OH is 2. The SMILES string of the molecule is CCOc1ccc2c(c1)CC(NCCCCO)C(=O)N2c1ccc2c(c1)[C@](O)([C@@H](C)/C=C/CCO)C(=O)N2c1ccccc1. The highest BCUT2D eigenvalue weighted by atomic mass is 16.5. The maximum absolute atomic E-state index is 14.1. The number of carbonyl (C=O) groups excluding carboxylic acids is 2. The summed E-state index contributed by atoms with van der Waals surface area (Å²) in [5, 5.41) is 34.1. The van der Waals surface area contributed by atoms with Crippen molar-refractivity contribution in [3.05, 3.63) is 90.0 Å². The molecule has 0 saturated carbocycles. The molecule has 232 valence electrons. The molecule has 0 fully saturated rings. The number of amides is 2. The van der Waals surface area contributed by atoms with Crippen LogP contribution in [0.15, 0.2) is 78.9 Å². The molecule has 2 aliphatic rings. The number of rotatable bonds is 13. The first-order chi connectivity index (χ1) is 21.3. The van der Waals surface area contributed by atoms with Gasteiger partial charge in [0.05, 0.1) is 24.0 Å². The first-order valence-corrected chi connectivity index (χ1v) is 15.3. The number of nitrogens with one attached hydrogen (secondary N) is 1. The number of benzene rings is 3. The summed E-state index contributed by atoms with van der Waals surface area (Å²) in [6.07, 6.45) is 5.77. The third-order valence-electron chi connectivity index (χ3n) is 8.33. The number of carbonyl (C=O) groups is 2. The minimum atomic E-state index is -1.91. The molecule has 3 aromatic rings. The largest absolute Gasteiger partial charge is 0.494 e. The third-order valence-corrected chi connectivity index (χ3v) is 8.33. The minimum absolute atomic E-state index is 0.0385. The first kappa shape index (κ1) is 31.4. The van der Waals surface area contributed by atoms with Gasteiger partial charge in [0, 0.05) is 36.1 Å². The van der Waals surface area contributed by atoms with Crippen LogP contribution in [-0.4, -0.2) is 59.5 Å². The van der Waals surface area contributed by atoms with Gasteiger partial charge in [-0.15, -0.1) is 0 Å². The van der Waals surface area contributed by atoms with Crippen LogP contribution in [0.2, 0.25) is 0 Å². The van der Waals surface area contributed by atoms with Crippen LogP contribution < -0.4 is 19.9 Å². The van der Waals surface area contributed by atoms with Crippen LogP contribution in [0.4, 0.5) is 22.7 Å². The lowest BCUT2D eigenvalue weighted by molar-refractivity contribution is -0.138. The van der Waals surface area contributed by atoms with E-state index in [1.165, 1.54) is 4.90 Å². The number of fused-ring (bicyclic) bond motifs is 2. The molecule has 2 amide bonds. The second kappa shape index (κ2) is 13.7. The Morgan fingerprint density at radius 3 is 2.48 bits per heavy atom. The van der Waals surface area contributed by atoms with Crippen molar-refractivity contribution in [1.82, 2.24) is 5.32 Å². The van der Waals surface area contributed by atoms with Crippen molar-refractivity contribution in [2.45, 2.75) is 51.2 Å². The van der Waals surface area contributed by atoms with E-state index in [0.717, 1.165) is 23.4 Å². The molecule has 0 aliphatic carbocycles. The Hall–Kier alpha value is -4.02. The van der Waals surface area contributed by atoms with E-state index in [0.29, 0.717) is 55.0 Å². The zero-order chi connectivity index (χ0) is 31.3. The molecule has 2 aliphatic heterocycles. The van der Waals surface area contributed by atoms with Crippen LogP contribution in [0.3, 0.4) is 0 Å². The monoisotopic (exact) mass is 599 g/mol. The van der Waals surface area contributed by atoms with Gasteiger partial charge in [-0.2, -0.15) is 0 Å². The van der Waals surface area contributed by atoms with Gasteiger partial charge < -0.3 is 25.4 Å². The lowest BCUT2D eigenvalue weighted by Gasteiger charge is -2.35. The molecule has 2 heterocycles. The molecule has 0 radical (unpaired) electrons. The zero-order valence-corrected chi connectivity index (χ0v) is 25.3. The molecule has 9 nitrogen and oxygen atoms in total. The summed E-state index contributed by atoms with van der Waals surface area (Å²) in [7, 11) is 0. The van der Waals surface area contributed by atoms with E-state index in [9.17, 15) is 24.9 Å². The fraction of sp³-hybridized carbons (Fsp3) is 0.371. The van der Waals surface area contributed by atoms with Gasteiger partial charge in [0.2, 0.25) is 5.91 Å². The Bertz CT molecular complexity index is 1510. The number of unbranched alkanes of at least 4 members (excludes halogenated alkanes) is 1. The fourth-order valence-corrected chi connectivity index (χ4v) is 6.07. The van der Waals surface area contributed by atoms with E-state index in [-0.39, 0.29) is 19.1 Å².